The lowest BCUT2D eigenvalue weighted by Crippen LogP contribution is -2.40. The van der Waals surface area contributed by atoms with E-state index in [9.17, 15) is 4.79 Å². The fourth-order valence-corrected chi connectivity index (χ4v) is 2.70. The zero-order valence-corrected chi connectivity index (χ0v) is 8.12. The summed E-state index contributed by atoms with van der Waals surface area (Å²) >= 11 is 0. The summed E-state index contributed by atoms with van der Waals surface area (Å²) in [4.78, 5) is 10.9. The van der Waals surface area contributed by atoms with Gasteiger partial charge in [-0.05, 0) is 37.5 Å². The Hall–Kier alpha value is -0.790. The topological polar surface area (TPSA) is 29.1 Å². The van der Waals surface area contributed by atoms with Crippen molar-refractivity contribution in [3.63, 3.8) is 0 Å². The Kier molecular flexibility index (Phi) is 2.38. The monoisotopic (exact) mass is 179 g/mol. The smallest absolute Gasteiger partial charge is 0.217 e. The van der Waals surface area contributed by atoms with Gasteiger partial charge < -0.3 is 5.32 Å². The molecule has 1 amide bonds. The third-order valence-corrected chi connectivity index (χ3v) is 3.13. The van der Waals surface area contributed by atoms with E-state index in [0.717, 1.165) is 18.3 Å². The molecule has 0 heterocycles. The number of carbonyl (C=O) groups excluding carboxylic acids is 1. The molecule has 13 heavy (non-hydrogen) atoms. The summed E-state index contributed by atoms with van der Waals surface area (Å²) in [6.07, 6.45) is 9.51. The van der Waals surface area contributed by atoms with Gasteiger partial charge in [-0.2, -0.15) is 0 Å². The molecule has 0 unspecified atom stereocenters. The number of fused-ring (bicyclic) bond motifs is 2. The summed E-state index contributed by atoms with van der Waals surface area (Å²) in [5.74, 6) is 1.67. The van der Waals surface area contributed by atoms with Crippen LogP contribution in [0.3, 0.4) is 0 Å². The SMILES string of the molecule is CC(=O)N[C@H]1C[C@H]2C=CC[C@H](C2)C1. The Morgan fingerprint density at radius 3 is 2.92 bits per heavy atom. The van der Waals surface area contributed by atoms with Gasteiger partial charge in [0, 0.05) is 13.0 Å². The van der Waals surface area contributed by atoms with Crippen LogP contribution < -0.4 is 5.32 Å². The first-order chi connectivity index (χ1) is 6.24. The third-order valence-electron chi connectivity index (χ3n) is 3.13. The molecule has 0 radical (unpaired) electrons. The second-order valence-electron chi connectivity index (χ2n) is 4.39. The van der Waals surface area contributed by atoms with Crippen molar-refractivity contribution in [2.75, 3.05) is 0 Å². The highest BCUT2D eigenvalue weighted by molar-refractivity contribution is 5.73. The van der Waals surface area contributed by atoms with Gasteiger partial charge in [-0.1, -0.05) is 12.2 Å². The molecule has 72 valence electrons. The molecule has 1 saturated carbocycles. The Morgan fingerprint density at radius 2 is 2.23 bits per heavy atom. The summed E-state index contributed by atoms with van der Waals surface area (Å²) in [6, 6.07) is 0.436. The van der Waals surface area contributed by atoms with Crippen LogP contribution in [0, 0.1) is 11.8 Å². The van der Waals surface area contributed by atoms with Crippen LogP contribution in [0.1, 0.15) is 32.6 Å². The minimum Gasteiger partial charge on any atom is -0.354 e. The van der Waals surface area contributed by atoms with Gasteiger partial charge in [0.2, 0.25) is 5.91 Å². The lowest BCUT2D eigenvalue weighted by Gasteiger charge is -2.36. The second-order valence-corrected chi connectivity index (χ2v) is 4.39. The summed E-state index contributed by atoms with van der Waals surface area (Å²) < 4.78 is 0. The van der Waals surface area contributed by atoms with Crippen LogP contribution in [-0.4, -0.2) is 11.9 Å². The van der Waals surface area contributed by atoms with Gasteiger partial charge in [0.15, 0.2) is 0 Å². The van der Waals surface area contributed by atoms with E-state index in [1.807, 2.05) is 0 Å². The second kappa shape index (κ2) is 3.52. The minimum absolute atomic E-state index is 0.119. The van der Waals surface area contributed by atoms with E-state index < -0.39 is 0 Å². The van der Waals surface area contributed by atoms with E-state index in [-0.39, 0.29) is 5.91 Å². The van der Waals surface area contributed by atoms with E-state index in [0.29, 0.717) is 6.04 Å². The molecule has 3 atom stereocenters. The molecule has 2 aliphatic rings. The van der Waals surface area contributed by atoms with Crippen molar-refractivity contribution in [1.82, 2.24) is 5.32 Å². The predicted octanol–water partition coefficient (Wildman–Crippen LogP) is 1.87. The molecule has 0 aromatic rings. The van der Waals surface area contributed by atoms with Gasteiger partial charge >= 0.3 is 0 Å². The lowest BCUT2D eigenvalue weighted by atomic mass is 9.74. The third kappa shape index (κ3) is 2.11. The molecule has 2 rings (SSSR count). The van der Waals surface area contributed by atoms with Crippen LogP contribution in [-0.2, 0) is 4.79 Å². The first kappa shape index (κ1) is 8.79. The van der Waals surface area contributed by atoms with Gasteiger partial charge in [-0.25, -0.2) is 0 Å². The Labute approximate surface area is 79.4 Å². The number of carbonyl (C=O) groups is 1. The molecular weight excluding hydrogens is 162 g/mol. The molecule has 2 aliphatic carbocycles. The van der Waals surface area contributed by atoms with Crippen LogP contribution in [0.4, 0.5) is 0 Å². The molecule has 0 spiro atoms. The maximum atomic E-state index is 10.9. The van der Waals surface area contributed by atoms with E-state index in [2.05, 4.69) is 17.5 Å². The standard InChI is InChI=1S/C11H17NO/c1-8(13)12-11-6-9-3-2-4-10(5-9)7-11/h2-3,9-11H,4-7H2,1H3,(H,12,13)/t9-,10+,11-/m0/s1. The van der Waals surface area contributed by atoms with E-state index in [4.69, 9.17) is 0 Å². The van der Waals surface area contributed by atoms with Crippen molar-refractivity contribution in [1.29, 1.82) is 0 Å². The highest BCUT2D eigenvalue weighted by atomic mass is 16.1. The molecule has 0 saturated heterocycles. The van der Waals surface area contributed by atoms with E-state index in [1.54, 1.807) is 6.92 Å². The van der Waals surface area contributed by atoms with Gasteiger partial charge in [0.1, 0.15) is 0 Å². The molecule has 0 aliphatic heterocycles. The summed E-state index contributed by atoms with van der Waals surface area (Å²) in [7, 11) is 0. The van der Waals surface area contributed by atoms with E-state index >= 15 is 0 Å². The maximum absolute atomic E-state index is 10.9. The Balaban J connectivity index is 1.95. The van der Waals surface area contributed by atoms with Crippen molar-refractivity contribution >= 4 is 5.91 Å². The molecule has 1 N–H and O–H groups in total. The van der Waals surface area contributed by atoms with Crippen molar-refractivity contribution in [2.24, 2.45) is 11.8 Å². The zero-order valence-electron chi connectivity index (χ0n) is 8.12. The number of rotatable bonds is 1. The summed E-state index contributed by atoms with van der Waals surface area (Å²) in [5, 5.41) is 3.04. The number of hydrogen-bond acceptors (Lipinski definition) is 1. The minimum atomic E-state index is 0.119. The van der Waals surface area contributed by atoms with Crippen LogP contribution in [0.25, 0.3) is 0 Å². The number of nitrogens with one attached hydrogen (secondary N) is 1. The van der Waals surface area contributed by atoms with Gasteiger partial charge in [0.05, 0.1) is 0 Å². The number of hydrogen-bond donors (Lipinski definition) is 1. The predicted molar refractivity (Wildman–Crippen MR) is 52.2 cm³/mol. The maximum Gasteiger partial charge on any atom is 0.217 e. The molecule has 0 aromatic heterocycles. The normalized spacial score (nSPS) is 37.2. The van der Waals surface area contributed by atoms with E-state index in [1.165, 1.54) is 19.3 Å². The molecule has 0 aromatic carbocycles. The van der Waals surface area contributed by atoms with Crippen LogP contribution in [0.5, 0.6) is 0 Å². The number of allylic oxidation sites excluding steroid dienone is 2. The van der Waals surface area contributed by atoms with Gasteiger partial charge in [-0.3, -0.25) is 4.79 Å². The summed E-state index contributed by atoms with van der Waals surface area (Å²) in [5.41, 5.74) is 0. The molecule has 1 fully saturated rings. The van der Waals surface area contributed by atoms with Crippen molar-refractivity contribution in [3.8, 4) is 0 Å². The average molecular weight is 179 g/mol. The molecular formula is C11H17NO. The molecule has 2 heteroatoms. The number of amides is 1. The Morgan fingerprint density at radius 1 is 1.38 bits per heavy atom. The van der Waals surface area contributed by atoms with Crippen molar-refractivity contribution < 1.29 is 4.79 Å². The van der Waals surface area contributed by atoms with Crippen molar-refractivity contribution in [3.05, 3.63) is 12.2 Å². The fraction of sp³-hybridized carbons (Fsp3) is 0.727. The highest BCUT2D eigenvalue weighted by Gasteiger charge is 2.29. The summed E-state index contributed by atoms with van der Waals surface area (Å²) in [6.45, 7) is 1.61. The quantitative estimate of drug-likeness (QED) is 0.612. The van der Waals surface area contributed by atoms with Gasteiger partial charge in [0.25, 0.3) is 0 Å². The highest BCUT2D eigenvalue weighted by Crippen LogP contribution is 2.35. The lowest BCUT2D eigenvalue weighted by molar-refractivity contribution is -0.120. The molecule has 2 nitrogen and oxygen atoms in total. The first-order valence-corrected chi connectivity index (χ1v) is 5.18. The van der Waals surface area contributed by atoms with Crippen LogP contribution in [0.15, 0.2) is 12.2 Å². The molecule has 2 bridgehead atoms. The Bertz CT molecular complexity index is 234. The zero-order chi connectivity index (χ0) is 9.26. The first-order valence-electron chi connectivity index (χ1n) is 5.18. The van der Waals surface area contributed by atoms with Crippen LogP contribution in [0.2, 0.25) is 0 Å². The fourth-order valence-electron chi connectivity index (χ4n) is 2.70. The largest absolute Gasteiger partial charge is 0.354 e. The van der Waals surface area contributed by atoms with Crippen molar-refractivity contribution in [2.45, 2.75) is 38.6 Å². The van der Waals surface area contributed by atoms with Crippen LogP contribution >= 0.6 is 0 Å². The van der Waals surface area contributed by atoms with Gasteiger partial charge in [-0.15, -0.1) is 0 Å². The average Bonchev–Trinajstić information content (AvgIpc) is 2.01.